The third kappa shape index (κ3) is 4.18. The molecule has 5 rings (SSSR count). The lowest BCUT2D eigenvalue weighted by Crippen LogP contribution is -2.45. The van der Waals surface area contributed by atoms with E-state index in [0.29, 0.717) is 37.2 Å². The molecule has 7 heteroatoms. The number of pyridine rings is 1. The second kappa shape index (κ2) is 8.72. The lowest BCUT2D eigenvalue weighted by atomic mass is 9.87. The number of benzene rings is 2. The Hall–Kier alpha value is -3.03. The zero-order chi connectivity index (χ0) is 23.0. The minimum atomic E-state index is -1.17. The molecule has 168 valence electrons. The minimum absolute atomic E-state index is 0.0595. The van der Waals surface area contributed by atoms with Crippen molar-refractivity contribution in [3.05, 3.63) is 94.0 Å². The Morgan fingerprint density at radius 3 is 2.48 bits per heavy atom. The van der Waals surface area contributed by atoms with Gasteiger partial charge in [-0.1, -0.05) is 30.4 Å². The fourth-order valence-corrected chi connectivity index (χ4v) is 4.80. The SMILES string of the molecule is O=C(c1ccc(N2CC=Cc3ccccc32)cc1)N1CCC(O)(c2ccc(F)c(Br)n2)CC1. The number of aromatic nitrogens is 1. The summed E-state index contributed by atoms with van der Waals surface area (Å²) in [5.74, 6) is -0.529. The van der Waals surface area contributed by atoms with Crippen LogP contribution in [0.4, 0.5) is 15.8 Å². The summed E-state index contributed by atoms with van der Waals surface area (Å²) in [7, 11) is 0. The van der Waals surface area contributed by atoms with Gasteiger partial charge in [-0.3, -0.25) is 4.79 Å². The van der Waals surface area contributed by atoms with Gasteiger partial charge in [0, 0.05) is 36.6 Å². The third-order valence-corrected chi connectivity index (χ3v) is 6.95. The molecule has 2 aromatic carbocycles. The predicted molar refractivity (Wildman–Crippen MR) is 130 cm³/mol. The number of carbonyl (C=O) groups excluding carboxylic acids is 1. The van der Waals surface area contributed by atoms with E-state index in [1.165, 1.54) is 17.7 Å². The quantitative estimate of drug-likeness (QED) is 0.490. The van der Waals surface area contributed by atoms with Gasteiger partial charge in [0.1, 0.15) is 10.2 Å². The number of halogens is 2. The molecule has 3 heterocycles. The Kier molecular flexibility index (Phi) is 5.76. The van der Waals surface area contributed by atoms with Gasteiger partial charge < -0.3 is 14.9 Å². The standard InChI is InChI=1S/C26H23BrFN3O2/c27-24-21(28)11-12-23(29-24)26(33)13-16-30(17-14-26)25(32)19-7-9-20(10-8-19)31-15-3-5-18-4-1-2-6-22(18)31/h1-12,33H,13-17H2. The summed E-state index contributed by atoms with van der Waals surface area (Å²) in [6, 6.07) is 18.7. The van der Waals surface area contributed by atoms with Crippen LogP contribution < -0.4 is 4.90 Å². The van der Waals surface area contributed by atoms with Crippen LogP contribution in [0.3, 0.4) is 0 Å². The first-order chi connectivity index (χ1) is 15.9. The molecule has 1 fully saturated rings. The molecule has 1 amide bonds. The highest BCUT2D eigenvalue weighted by atomic mass is 79.9. The number of nitrogens with zero attached hydrogens (tertiary/aromatic N) is 3. The Morgan fingerprint density at radius 2 is 1.76 bits per heavy atom. The number of rotatable bonds is 3. The van der Waals surface area contributed by atoms with E-state index in [-0.39, 0.29) is 10.5 Å². The van der Waals surface area contributed by atoms with Crippen molar-refractivity contribution in [2.24, 2.45) is 0 Å². The van der Waals surface area contributed by atoms with Gasteiger partial charge in [0.2, 0.25) is 0 Å². The molecule has 0 aliphatic carbocycles. The topological polar surface area (TPSA) is 56.7 Å². The second-order valence-corrected chi connectivity index (χ2v) is 9.16. The zero-order valence-corrected chi connectivity index (χ0v) is 19.5. The monoisotopic (exact) mass is 507 g/mol. The van der Waals surface area contributed by atoms with Crippen molar-refractivity contribution in [1.29, 1.82) is 0 Å². The first-order valence-corrected chi connectivity index (χ1v) is 11.7. The normalized spacial score (nSPS) is 17.1. The summed E-state index contributed by atoms with van der Waals surface area (Å²) in [5.41, 5.74) is 3.22. The van der Waals surface area contributed by atoms with Crippen LogP contribution >= 0.6 is 15.9 Å². The van der Waals surface area contributed by atoms with Crippen molar-refractivity contribution < 1.29 is 14.3 Å². The highest BCUT2D eigenvalue weighted by Crippen LogP contribution is 2.34. The van der Waals surface area contributed by atoms with Gasteiger partial charge in [0.05, 0.1) is 5.69 Å². The number of anilines is 2. The molecule has 0 unspecified atom stereocenters. The van der Waals surface area contributed by atoms with Gasteiger partial charge >= 0.3 is 0 Å². The number of fused-ring (bicyclic) bond motifs is 1. The van der Waals surface area contributed by atoms with Gasteiger partial charge in [0.25, 0.3) is 5.91 Å². The van der Waals surface area contributed by atoms with Crippen LogP contribution in [0.1, 0.15) is 34.5 Å². The fraction of sp³-hybridized carbons (Fsp3) is 0.231. The first kappa shape index (κ1) is 21.8. The highest BCUT2D eigenvalue weighted by molar-refractivity contribution is 9.10. The van der Waals surface area contributed by atoms with Crippen molar-refractivity contribution in [1.82, 2.24) is 9.88 Å². The lowest BCUT2D eigenvalue weighted by molar-refractivity contribution is -0.0246. The van der Waals surface area contributed by atoms with E-state index in [1.54, 1.807) is 4.90 Å². The molecule has 1 N–H and O–H groups in total. The molecule has 2 aliphatic rings. The van der Waals surface area contributed by atoms with Crippen LogP contribution in [0.15, 0.2) is 71.3 Å². The molecule has 0 spiro atoms. The van der Waals surface area contributed by atoms with Gasteiger partial charge in [-0.2, -0.15) is 0 Å². The van der Waals surface area contributed by atoms with Crippen molar-refractivity contribution in [3.8, 4) is 0 Å². The van der Waals surface area contributed by atoms with Crippen LogP contribution in [-0.2, 0) is 5.60 Å². The van der Waals surface area contributed by atoms with E-state index in [2.05, 4.69) is 50.1 Å². The van der Waals surface area contributed by atoms with Crippen LogP contribution in [0.2, 0.25) is 0 Å². The number of aliphatic hydroxyl groups is 1. The molecule has 3 aromatic rings. The number of hydrogen-bond donors (Lipinski definition) is 1. The number of hydrogen-bond acceptors (Lipinski definition) is 4. The number of amides is 1. The Labute approximate surface area is 200 Å². The Morgan fingerprint density at radius 1 is 1.03 bits per heavy atom. The summed E-state index contributed by atoms with van der Waals surface area (Å²) >= 11 is 3.08. The second-order valence-electron chi connectivity index (χ2n) is 8.41. The molecule has 0 bridgehead atoms. The van der Waals surface area contributed by atoms with Crippen LogP contribution in [-0.4, -0.2) is 40.5 Å². The van der Waals surface area contributed by atoms with Gasteiger partial charge in [-0.25, -0.2) is 9.37 Å². The van der Waals surface area contributed by atoms with E-state index in [9.17, 15) is 14.3 Å². The van der Waals surface area contributed by atoms with Crippen LogP contribution in [0.25, 0.3) is 6.08 Å². The maximum Gasteiger partial charge on any atom is 0.253 e. The fourth-order valence-electron chi connectivity index (χ4n) is 4.48. The molecule has 0 saturated carbocycles. The molecule has 0 atom stereocenters. The zero-order valence-electron chi connectivity index (χ0n) is 17.9. The number of para-hydroxylation sites is 1. The van der Waals surface area contributed by atoms with E-state index >= 15 is 0 Å². The van der Waals surface area contributed by atoms with E-state index in [0.717, 1.165) is 17.9 Å². The van der Waals surface area contributed by atoms with Crippen molar-refractivity contribution in [2.45, 2.75) is 18.4 Å². The first-order valence-electron chi connectivity index (χ1n) is 10.9. The third-order valence-electron chi connectivity index (χ3n) is 6.40. The van der Waals surface area contributed by atoms with Crippen molar-refractivity contribution >= 4 is 39.3 Å². The summed E-state index contributed by atoms with van der Waals surface area (Å²) in [5, 5.41) is 11.0. The lowest BCUT2D eigenvalue weighted by Gasteiger charge is -2.38. The molecule has 1 aromatic heterocycles. The highest BCUT2D eigenvalue weighted by Gasteiger charge is 2.37. The molecular formula is C26H23BrFN3O2. The van der Waals surface area contributed by atoms with Crippen molar-refractivity contribution in [3.63, 3.8) is 0 Å². The predicted octanol–water partition coefficient (Wildman–Crippen LogP) is 5.27. The minimum Gasteiger partial charge on any atom is -0.383 e. The van der Waals surface area contributed by atoms with Crippen LogP contribution in [0.5, 0.6) is 0 Å². The van der Waals surface area contributed by atoms with Crippen LogP contribution in [0, 0.1) is 5.82 Å². The molecule has 0 radical (unpaired) electrons. The largest absolute Gasteiger partial charge is 0.383 e. The van der Waals surface area contributed by atoms with Gasteiger partial charge in [-0.05, 0) is 76.8 Å². The van der Waals surface area contributed by atoms with Crippen molar-refractivity contribution in [2.75, 3.05) is 24.5 Å². The van der Waals surface area contributed by atoms with Gasteiger partial charge in [0.15, 0.2) is 5.82 Å². The molecule has 33 heavy (non-hydrogen) atoms. The summed E-state index contributed by atoms with van der Waals surface area (Å²) in [6.45, 7) is 1.58. The number of carbonyl (C=O) groups is 1. The molecule has 2 aliphatic heterocycles. The summed E-state index contributed by atoms with van der Waals surface area (Å²) in [6.07, 6.45) is 4.95. The number of likely N-dealkylation sites (tertiary alicyclic amines) is 1. The van der Waals surface area contributed by atoms with E-state index in [1.807, 2.05) is 36.4 Å². The van der Waals surface area contributed by atoms with E-state index < -0.39 is 11.4 Å². The summed E-state index contributed by atoms with van der Waals surface area (Å²) < 4.78 is 13.6. The molecule has 1 saturated heterocycles. The summed E-state index contributed by atoms with van der Waals surface area (Å²) in [4.78, 5) is 21.2. The van der Waals surface area contributed by atoms with Gasteiger partial charge in [-0.15, -0.1) is 0 Å². The maximum atomic E-state index is 13.5. The Balaban J connectivity index is 1.27. The molecular weight excluding hydrogens is 485 g/mol. The maximum absolute atomic E-state index is 13.5. The Bertz CT molecular complexity index is 1220. The number of piperidine rings is 1. The molecule has 5 nitrogen and oxygen atoms in total. The average Bonchev–Trinajstić information content (AvgIpc) is 2.85. The smallest absolute Gasteiger partial charge is 0.253 e. The van der Waals surface area contributed by atoms with E-state index in [4.69, 9.17) is 0 Å². The average molecular weight is 508 g/mol.